The third kappa shape index (κ3) is 3.30. The van der Waals surface area contributed by atoms with E-state index < -0.39 is 0 Å². The van der Waals surface area contributed by atoms with Crippen LogP contribution in [-0.2, 0) is 4.74 Å². The van der Waals surface area contributed by atoms with Crippen molar-refractivity contribution in [2.45, 2.75) is 12.5 Å². The van der Waals surface area contributed by atoms with Crippen LogP contribution in [-0.4, -0.2) is 38.3 Å². The fourth-order valence-electron chi connectivity index (χ4n) is 1.65. The van der Waals surface area contributed by atoms with E-state index in [-0.39, 0.29) is 12.0 Å². The van der Waals surface area contributed by atoms with Gasteiger partial charge in [0.2, 0.25) is 0 Å². The summed E-state index contributed by atoms with van der Waals surface area (Å²) in [4.78, 5) is 12.4. The van der Waals surface area contributed by atoms with Crippen LogP contribution in [0.1, 0.15) is 16.1 Å². The molecule has 0 radical (unpaired) electrons. The molecule has 88 valence electrons. The first kappa shape index (κ1) is 11.6. The Balaban J connectivity index is 1.66. The molecule has 1 unspecified atom stereocenters. The van der Waals surface area contributed by atoms with E-state index in [1.54, 1.807) is 0 Å². The molecule has 2 N–H and O–H groups in total. The van der Waals surface area contributed by atoms with Gasteiger partial charge in [0.05, 0.1) is 17.6 Å². The highest BCUT2D eigenvalue weighted by molar-refractivity contribution is 7.12. The van der Waals surface area contributed by atoms with Crippen molar-refractivity contribution in [2.24, 2.45) is 0 Å². The molecule has 1 saturated heterocycles. The fourth-order valence-corrected chi connectivity index (χ4v) is 2.29. The summed E-state index contributed by atoms with van der Waals surface area (Å²) in [7, 11) is 0. The van der Waals surface area contributed by atoms with E-state index in [0.717, 1.165) is 31.0 Å². The second-order valence-corrected chi connectivity index (χ2v) is 4.67. The Hall–Kier alpha value is -0.910. The van der Waals surface area contributed by atoms with E-state index in [1.807, 2.05) is 17.5 Å². The van der Waals surface area contributed by atoms with Crippen LogP contribution in [0.15, 0.2) is 17.5 Å². The topological polar surface area (TPSA) is 50.4 Å². The molecule has 16 heavy (non-hydrogen) atoms. The number of carbonyl (C=O) groups excluding carboxylic acids is 1. The van der Waals surface area contributed by atoms with Gasteiger partial charge < -0.3 is 15.4 Å². The van der Waals surface area contributed by atoms with E-state index >= 15 is 0 Å². The van der Waals surface area contributed by atoms with Gasteiger partial charge in [0.15, 0.2) is 0 Å². The normalized spacial score (nSPS) is 20.6. The largest absolute Gasteiger partial charge is 0.376 e. The van der Waals surface area contributed by atoms with Crippen molar-refractivity contribution in [3.05, 3.63) is 22.4 Å². The summed E-state index contributed by atoms with van der Waals surface area (Å²) in [5, 5.41) is 8.07. The number of amides is 1. The molecule has 0 saturated carbocycles. The number of hydrogen-bond acceptors (Lipinski definition) is 4. The average Bonchev–Trinajstić information content (AvgIpc) is 2.84. The summed E-state index contributed by atoms with van der Waals surface area (Å²) in [6, 6.07) is 3.71. The molecular weight excluding hydrogens is 224 g/mol. The Labute approximate surface area is 99.0 Å². The maximum Gasteiger partial charge on any atom is 0.261 e. The van der Waals surface area contributed by atoms with Crippen LogP contribution < -0.4 is 10.6 Å². The molecule has 0 aromatic carbocycles. The molecule has 1 atom stereocenters. The summed E-state index contributed by atoms with van der Waals surface area (Å²) >= 11 is 1.46. The lowest BCUT2D eigenvalue weighted by atomic mass is 10.2. The second-order valence-electron chi connectivity index (χ2n) is 3.72. The predicted octanol–water partition coefficient (Wildman–Crippen LogP) is 0.856. The first-order valence-corrected chi connectivity index (χ1v) is 6.38. The van der Waals surface area contributed by atoms with Gasteiger partial charge in [0, 0.05) is 19.6 Å². The van der Waals surface area contributed by atoms with E-state index in [0.29, 0.717) is 6.54 Å². The van der Waals surface area contributed by atoms with Crippen LogP contribution in [0.25, 0.3) is 0 Å². The maximum absolute atomic E-state index is 11.6. The number of thiophene rings is 1. The van der Waals surface area contributed by atoms with Gasteiger partial charge in [-0.3, -0.25) is 4.79 Å². The van der Waals surface area contributed by atoms with Crippen LogP contribution in [0.4, 0.5) is 0 Å². The van der Waals surface area contributed by atoms with Crippen molar-refractivity contribution >= 4 is 17.2 Å². The Morgan fingerprint density at radius 1 is 1.69 bits per heavy atom. The van der Waals surface area contributed by atoms with Gasteiger partial charge in [-0.2, -0.15) is 0 Å². The summed E-state index contributed by atoms with van der Waals surface area (Å²) in [5.74, 6) is 0.0127. The van der Waals surface area contributed by atoms with Gasteiger partial charge >= 0.3 is 0 Å². The second kappa shape index (κ2) is 5.98. The standard InChI is InChI=1S/C11H16N2O2S/c14-11(10-2-1-7-16-10)13-4-3-9-8-12-5-6-15-9/h1-2,7,9,12H,3-6,8H2,(H,13,14). The molecule has 4 nitrogen and oxygen atoms in total. The van der Waals surface area contributed by atoms with Crippen LogP contribution >= 0.6 is 11.3 Å². The number of morpholine rings is 1. The van der Waals surface area contributed by atoms with Crippen molar-refractivity contribution in [3.63, 3.8) is 0 Å². The zero-order valence-electron chi connectivity index (χ0n) is 9.07. The van der Waals surface area contributed by atoms with Gasteiger partial charge in [0.1, 0.15) is 0 Å². The van der Waals surface area contributed by atoms with Crippen LogP contribution in [0.5, 0.6) is 0 Å². The molecule has 0 spiro atoms. The number of nitrogens with one attached hydrogen (secondary N) is 2. The highest BCUT2D eigenvalue weighted by Crippen LogP contribution is 2.08. The van der Waals surface area contributed by atoms with Crippen LogP contribution in [0.3, 0.4) is 0 Å². The fraction of sp³-hybridized carbons (Fsp3) is 0.545. The van der Waals surface area contributed by atoms with Crippen LogP contribution in [0, 0.1) is 0 Å². The Bertz CT molecular complexity index is 321. The van der Waals surface area contributed by atoms with Gasteiger partial charge in [-0.15, -0.1) is 11.3 Å². The Kier molecular flexibility index (Phi) is 4.33. The SMILES string of the molecule is O=C(NCCC1CNCCO1)c1cccs1. The molecule has 5 heteroatoms. The lowest BCUT2D eigenvalue weighted by Gasteiger charge is -2.23. The van der Waals surface area contributed by atoms with E-state index in [4.69, 9.17) is 4.74 Å². The molecule has 1 aromatic heterocycles. The molecule has 0 bridgehead atoms. The zero-order valence-corrected chi connectivity index (χ0v) is 9.89. The number of carbonyl (C=O) groups is 1. The van der Waals surface area contributed by atoms with E-state index in [9.17, 15) is 4.79 Å². The lowest BCUT2D eigenvalue weighted by Crippen LogP contribution is -2.40. The Morgan fingerprint density at radius 2 is 2.62 bits per heavy atom. The molecule has 0 aliphatic carbocycles. The summed E-state index contributed by atoms with van der Waals surface area (Å²) in [6.45, 7) is 3.25. The van der Waals surface area contributed by atoms with Gasteiger partial charge in [0.25, 0.3) is 5.91 Å². The minimum Gasteiger partial charge on any atom is -0.376 e. The molecule has 1 aliphatic heterocycles. The molecule has 2 rings (SSSR count). The number of rotatable bonds is 4. The highest BCUT2D eigenvalue weighted by Gasteiger charge is 2.13. The smallest absolute Gasteiger partial charge is 0.261 e. The summed E-state index contributed by atoms with van der Waals surface area (Å²) in [5.41, 5.74) is 0. The third-order valence-electron chi connectivity index (χ3n) is 2.50. The molecule has 1 amide bonds. The lowest BCUT2D eigenvalue weighted by molar-refractivity contribution is 0.0239. The molecule has 1 aliphatic rings. The predicted molar refractivity (Wildman–Crippen MR) is 63.9 cm³/mol. The number of hydrogen-bond donors (Lipinski definition) is 2. The van der Waals surface area contributed by atoms with E-state index in [1.165, 1.54) is 11.3 Å². The van der Waals surface area contributed by atoms with E-state index in [2.05, 4.69) is 10.6 Å². The van der Waals surface area contributed by atoms with Crippen molar-refractivity contribution in [1.82, 2.24) is 10.6 Å². The molecule has 1 fully saturated rings. The first-order chi connectivity index (χ1) is 7.86. The molecular formula is C11H16N2O2S. The Morgan fingerprint density at radius 3 is 3.31 bits per heavy atom. The third-order valence-corrected chi connectivity index (χ3v) is 3.37. The van der Waals surface area contributed by atoms with Gasteiger partial charge in [-0.25, -0.2) is 0 Å². The van der Waals surface area contributed by atoms with Crippen LogP contribution in [0.2, 0.25) is 0 Å². The van der Waals surface area contributed by atoms with Gasteiger partial charge in [-0.1, -0.05) is 6.07 Å². The molecule has 1 aromatic rings. The first-order valence-electron chi connectivity index (χ1n) is 5.50. The number of ether oxygens (including phenoxy) is 1. The van der Waals surface area contributed by atoms with Crippen molar-refractivity contribution in [2.75, 3.05) is 26.2 Å². The van der Waals surface area contributed by atoms with Gasteiger partial charge in [-0.05, 0) is 17.9 Å². The highest BCUT2D eigenvalue weighted by atomic mass is 32.1. The average molecular weight is 240 g/mol. The minimum atomic E-state index is 0.0127. The quantitative estimate of drug-likeness (QED) is 0.820. The summed E-state index contributed by atoms with van der Waals surface area (Å²) < 4.78 is 5.54. The monoisotopic (exact) mass is 240 g/mol. The molecule has 2 heterocycles. The maximum atomic E-state index is 11.6. The minimum absolute atomic E-state index is 0.0127. The zero-order chi connectivity index (χ0) is 11.2. The van der Waals surface area contributed by atoms with Crippen molar-refractivity contribution in [1.29, 1.82) is 0 Å². The summed E-state index contributed by atoms with van der Waals surface area (Å²) in [6.07, 6.45) is 1.10. The van der Waals surface area contributed by atoms with Crippen molar-refractivity contribution in [3.8, 4) is 0 Å². The van der Waals surface area contributed by atoms with Crippen molar-refractivity contribution < 1.29 is 9.53 Å².